The van der Waals surface area contributed by atoms with Gasteiger partial charge in [0.05, 0.1) is 23.1 Å². The number of thiophene rings is 1. The van der Waals surface area contributed by atoms with Crippen molar-refractivity contribution in [1.82, 2.24) is 14.9 Å². The van der Waals surface area contributed by atoms with Crippen LogP contribution in [0.3, 0.4) is 0 Å². The van der Waals surface area contributed by atoms with E-state index in [-0.39, 0.29) is 17.7 Å². The predicted molar refractivity (Wildman–Crippen MR) is 159 cm³/mol. The molecule has 0 aliphatic heterocycles. The van der Waals surface area contributed by atoms with Crippen LogP contribution >= 0.6 is 11.3 Å². The fourth-order valence-electron chi connectivity index (χ4n) is 5.30. The Morgan fingerprint density at radius 1 is 1.12 bits per heavy atom. The highest BCUT2D eigenvalue weighted by Gasteiger charge is 2.28. The Balaban J connectivity index is 1.42. The molecular formula is C32H35N5O2S. The third-order valence-corrected chi connectivity index (χ3v) is 8.72. The lowest BCUT2D eigenvalue weighted by molar-refractivity contribution is -0.123. The van der Waals surface area contributed by atoms with Gasteiger partial charge in [0.25, 0.3) is 5.91 Å². The van der Waals surface area contributed by atoms with E-state index in [1.165, 1.54) is 17.8 Å². The number of benzene rings is 2. The van der Waals surface area contributed by atoms with Gasteiger partial charge in [-0.15, -0.1) is 11.3 Å². The number of nitriles is 1. The largest absolute Gasteiger partial charge is 0.351 e. The molecule has 1 fully saturated rings. The highest BCUT2D eigenvalue weighted by Crippen LogP contribution is 2.33. The molecule has 2 aromatic carbocycles. The van der Waals surface area contributed by atoms with Crippen LogP contribution in [0.1, 0.15) is 78.5 Å². The number of fused-ring (bicyclic) bond motifs is 1. The molecule has 0 radical (unpaired) electrons. The first-order chi connectivity index (χ1) is 19.6. The normalized spacial score (nSPS) is 13.7. The molecule has 0 bridgehead atoms. The number of carbonyl (C=O) groups is 2. The number of carbonyl (C=O) groups excluding carboxylic acids is 2. The summed E-state index contributed by atoms with van der Waals surface area (Å²) in [5, 5.41) is 13.1. The number of anilines is 1. The first-order valence-corrected chi connectivity index (χ1v) is 15.0. The van der Waals surface area contributed by atoms with Crippen molar-refractivity contribution in [2.45, 2.75) is 65.0 Å². The minimum atomic E-state index is -0.0452. The number of hydrogen-bond donors (Lipinski definition) is 1. The number of amides is 2. The molecule has 1 aliphatic rings. The number of rotatable bonds is 10. The van der Waals surface area contributed by atoms with Crippen molar-refractivity contribution < 1.29 is 9.59 Å². The van der Waals surface area contributed by atoms with E-state index in [0.717, 1.165) is 65.7 Å². The van der Waals surface area contributed by atoms with Gasteiger partial charge < -0.3 is 14.8 Å². The lowest BCUT2D eigenvalue weighted by Crippen LogP contribution is -2.37. The molecule has 0 unspecified atom stereocenters. The molecule has 0 atom stereocenters. The van der Waals surface area contributed by atoms with Crippen molar-refractivity contribution in [3.8, 4) is 6.07 Å². The Hall–Kier alpha value is -3.96. The van der Waals surface area contributed by atoms with E-state index in [9.17, 15) is 9.59 Å². The second-order valence-electron chi connectivity index (χ2n) is 10.5. The molecule has 1 aliphatic carbocycles. The van der Waals surface area contributed by atoms with Crippen LogP contribution in [0.15, 0.2) is 60.9 Å². The average Bonchev–Trinajstić information content (AvgIpc) is 3.62. The third-order valence-electron chi connectivity index (χ3n) is 7.61. The monoisotopic (exact) mass is 553 g/mol. The lowest BCUT2D eigenvalue weighted by atomic mass is 9.88. The summed E-state index contributed by atoms with van der Waals surface area (Å²) in [6.45, 7) is 3.74. The minimum Gasteiger partial charge on any atom is -0.351 e. The van der Waals surface area contributed by atoms with Crippen LogP contribution in [-0.2, 0) is 17.9 Å². The van der Waals surface area contributed by atoms with E-state index in [1.807, 2.05) is 59.6 Å². The number of aromatic nitrogens is 2. The quantitative estimate of drug-likeness (QED) is 0.222. The van der Waals surface area contributed by atoms with Crippen molar-refractivity contribution in [1.29, 1.82) is 5.26 Å². The first-order valence-electron chi connectivity index (χ1n) is 14.2. The molecule has 1 N–H and O–H groups in total. The van der Waals surface area contributed by atoms with Crippen LogP contribution in [-0.4, -0.2) is 27.9 Å². The number of nitrogens with one attached hydrogen (secondary N) is 1. The molecule has 2 aromatic heterocycles. The van der Waals surface area contributed by atoms with Crippen LogP contribution in [0.2, 0.25) is 0 Å². The zero-order valence-corrected chi connectivity index (χ0v) is 23.8. The molecule has 4 aromatic rings. The molecule has 40 heavy (non-hydrogen) atoms. The maximum atomic E-state index is 14.0. The van der Waals surface area contributed by atoms with Crippen LogP contribution in [0.5, 0.6) is 0 Å². The van der Waals surface area contributed by atoms with Gasteiger partial charge in [0.2, 0.25) is 5.91 Å². The van der Waals surface area contributed by atoms with Gasteiger partial charge in [-0.3, -0.25) is 9.59 Å². The number of nitrogens with zero attached hydrogens (tertiary/aromatic N) is 4. The molecule has 8 heteroatoms. The van der Waals surface area contributed by atoms with E-state index in [0.29, 0.717) is 30.1 Å². The average molecular weight is 554 g/mol. The molecule has 2 heterocycles. The summed E-state index contributed by atoms with van der Waals surface area (Å²) in [6, 6.07) is 17.7. The van der Waals surface area contributed by atoms with Gasteiger partial charge >= 0.3 is 0 Å². The predicted octanol–water partition coefficient (Wildman–Crippen LogP) is 6.66. The van der Waals surface area contributed by atoms with E-state index >= 15 is 0 Å². The molecular weight excluding hydrogens is 518 g/mol. The van der Waals surface area contributed by atoms with E-state index < -0.39 is 0 Å². The molecule has 7 nitrogen and oxygen atoms in total. The van der Waals surface area contributed by atoms with Gasteiger partial charge in [-0.1, -0.05) is 44.7 Å². The molecule has 5 rings (SSSR count). The number of imidazole rings is 1. The summed E-state index contributed by atoms with van der Waals surface area (Å²) >= 11 is 1.48. The minimum absolute atomic E-state index is 0.00812. The van der Waals surface area contributed by atoms with Crippen molar-refractivity contribution in [2.24, 2.45) is 5.92 Å². The first kappa shape index (κ1) is 27.6. The summed E-state index contributed by atoms with van der Waals surface area (Å²) < 4.78 is 3.08. The maximum Gasteiger partial charge on any atom is 0.261 e. The summed E-state index contributed by atoms with van der Waals surface area (Å²) in [5.74, 6) is 0.902. The zero-order valence-electron chi connectivity index (χ0n) is 22.9. The fourth-order valence-corrected chi connectivity index (χ4v) is 6.26. The Morgan fingerprint density at radius 2 is 1.93 bits per heavy atom. The molecule has 206 valence electrons. The Labute approximate surface area is 239 Å². The van der Waals surface area contributed by atoms with E-state index in [4.69, 9.17) is 5.26 Å². The molecule has 2 amide bonds. The summed E-state index contributed by atoms with van der Waals surface area (Å²) in [7, 11) is 0. The Bertz CT molecular complexity index is 1510. The Morgan fingerprint density at radius 3 is 2.67 bits per heavy atom. The number of unbranched alkanes of at least 4 members (excludes halogenated alkanes) is 1. The van der Waals surface area contributed by atoms with Gasteiger partial charge in [-0.25, -0.2) is 4.98 Å². The van der Waals surface area contributed by atoms with Crippen LogP contribution in [0.25, 0.3) is 10.1 Å². The van der Waals surface area contributed by atoms with Gasteiger partial charge in [-0.05, 0) is 66.6 Å². The highest BCUT2D eigenvalue weighted by molar-refractivity contribution is 7.20. The van der Waals surface area contributed by atoms with E-state index in [1.54, 1.807) is 6.20 Å². The SMILES string of the molecule is CCCCNC(=O)c1cc2cc(N(Cc3nccn3Cc3ccc(C#N)cc3)C(=O)C3CCCCC3)ccc2s1. The van der Waals surface area contributed by atoms with Gasteiger partial charge in [0, 0.05) is 41.8 Å². The summed E-state index contributed by atoms with van der Waals surface area (Å²) in [4.78, 5) is 33.8. The third kappa shape index (κ3) is 6.43. The topological polar surface area (TPSA) is 91.0 Å². The van der Waals surface area contributed by atoms with Crippen molar-refractivity contribution in [3.63, 3.8) is 0 Å². The molecule has 1 saturated carbocycles. The fraction of sp³-hybridized carbons (Fsp3) is 0.375. The van der Waals surface area contributed by atoms with Gasteiger partial charge in [-0.2, -0.15) is 5.26 Å². The zero-order chi connectivity index (χ0) is 27.9. The summed E-state index contributed by atoms with van der Waals surface area (Å²) in [6.07, 6.45) is 10.9. The van der Waals surface area contributed by atoms with Crippen LogP contribution in [0, 0.1) is 17.2 Å². The van der Waals surface area contributed by atoms with Crippen molar-refractivity contribution in [3.05, 3.63) is 82.8 Å². The van der Waals surface area contributed by atoms with Crippen LogP contribution in [0.4, 0.5) is 5.69 Å². The standard InChI is InChI=1S/C32H35N5O2S/c1-2-3-15-35-31(38)29-19-26-18-27(13-14-28(26)40-29)37(32(39)25-7-5-4-6-8-25)22-30-34-16-17-36(30)21-24-11-9-23(20-33)10-12-24/h9-14,16-19,25H,2-8,15,21-22H2,1H3,(H,35,38). The molecule has 0 spiro atoms. The van der Waals surface area contributed by atoms with E-state index in [2.05, 4.69) is 27.9 Å². The Kier molecular flexibility index (Phi) is 8.92. The highest BCUT2D eigenvalue weighted by atomic mass is 32.1. The van der Waals surface area contributed by atoms with Crippen LogP contribution < -0.4 is 10.2 Å². The lowest BCUT2D eigenvalue weighted by Gasteiger charge is -2.29. The van der Waals surface area contributed by atoms with Gasteiger partial charge in [0.1, 0.15) is 5.82 Å². The summed E-state index contributed by atoms with van der Waals surface area (Å²) in [5.41, 5.74) is 2.52. The van der Waals surface area contributed by atoms with Crippen molar-refractivity contribution in [2.75, 3.05) is 11.4 Å². The number of hydrogen-bond acceptors (Lipinski definition) is 5. The molecule has 0 saturated heterocycles. The smallest absolute Gasteiger partial charge is 0.261 e. The maximum absolute atomic E-state index is 14.0. The second kappa shape index (κ2) is 12.9. The van der Waals surface area contributed by atoms with Crippen molar-refractivity contribution >= 4 is 38.9 Å². The van der Waals surface area contributed by atoms with Gasteiger partial charge in [0.15, 0.2) is 0 Å². The second-order valence-corrected chi connectivity index (χ2v) is 11.6.